The zero-order valence-electron chi connectivity index (χ0n) is 17.2. The van der Waals surface area contributed by atoms with Crippen molar-refractivity contribution in [2.24, 2.45) is 0 Å². The molecule has 9 heteroatoms. The van der Waals surface area contributed by atoms with Crippen LogP contribution in [0.25, 0.3) is 0 Å². The molecule has 1 aromatic heterocycles. The molecule has 3 fully saturated rings. The first kappa shape index (κ1) is 20.3. The fourth-order valence-electron chi connectivity index (χ4n) is 5.33. The van der Waals surface area contributed by atoms with E-state index in [1.807, 2.05) is 0 Å². The summed E-state index contributed by atoms with van der Waals surface area (Å²) in [6, 6.07) is 0.296. The van der Waals surface area contributed by atoms with E-state index in [1.54, 1.807) is 4.68 Å². The monoisotopic (exact) mass is 403 g/mol. The average molecular weight is 404 g/mol. The highest BCUT2D eigenvalue weighted by molar-refractivity contribution is 5.87. The van der Waals surface area contributed by atoms with Gasteiger partial charge in [0.2, 0.25) is 11.8 Å². The number of hydrogen-bond acceptors (Lipinski definition) is 6. The second-order valence-corrected chi connectivity index (χ2v) is 8.86. The van der Waals surface area contributed by atoms with Gasteiger partial charge in [0, 0.05) is 18.5 Å². The quantitative estimate of drug-likeness (QED) is 0.704. The van der Waals surface area contributed by atoms with Crippen molar-refractivity contribution >= 4 is 11.8 Å². The van der Waals surface area contributed by atoms with Crippen molar-refractivity contribution in [2.75, 3.05) is 13.1 Å². The maximum Gasteiger partial charge on any atom is 0.240 e. The predicted molar refractivity (Wildman–Crippen MR) is 107 cm³/mol. The lowest BCUT2D eigenvalue weighted by Crippen LogP contribution is -2.60. The molecule has 2 N–H and O–H groups in total. The van der Waals surface area contributed by atoms with Gasteiger partial charge < -0.3 is 10.6 Å². The smallest absolute Gasteiger partial charge is 0.240 e. The fraction of sp³-hybridized carbons (Fsp3) is 0.850. The van der Waals surface area contributed by atoms with E-state index in [9.17, 15) is 9.59 Å². The molecule has 1 aliphatic heterocycles. The number of nitrogens with one attached hydrogen (secondary N) is 2. The molecular weight excluding hydrogens is 370 g/mol. The van der Waals surface area contributed by atoms with Crippen LogP contribution in [0.1, 0.15) is 70.6 Å². The third-order valence-electron chi connectivity index (χ3n) is 6.91. The van der Waals surface area contributed by atoms with Gasteiger partial charge in [-0.1, -0.05) is 19.3 Å². The first-order valence-corrected chi connectivity index (χ1v) is 11.2. The molecule has 0 aromatic carbocycles. The first-order chi connectivity index (χ1) is 14.2. The Morgan fingerprint density at radius 2 is 1.72 bits per heavy atom. The van der Waals surface area contributed by atoms with Crippen LogP contribution in [0.3, 0.4) is 0 Å². The van der Waals surface area contributed by atoms with Gasteiger partial charge in [0.1, 0.15) is 11.9 Å². The average Bonchev–Trinajstić information content (AvgIpc) is 3.50. The number of aromatic nitrogens is 4. The van der Waals surface area contributed by atoms with Crippen LogP contribution in [-0.4, -0.2) is 67.6 Å². The van der Waals surface area contributed by atoms with Gasteiger partial charge in [-0.2, -0.15) is 0 Å². The molecule has 4 rings (SSSR count). The molecule has 2 amide bonds. The van der Waals surface area contributed by atoms with Crippen LogP contribution in [0.5, 0.6) is 0 Å². The van der Waals surface area contributed by atoms with Gasteiger partial charge >= 0.3 is 0 Å². The van der Waals surface area contributed by atoms with Gasteiger partial charge in [0.15, 0.2) is 0 Å². The summed E-state index contributed by atoms with van der Waals surface area (Å²) in [7, 11) is 0. The lowest BCUT2D eigenvalue weighted by molar-refractivity contribution is -0.136. The van der Waals surface area contributed by atoms with Crippen LogP contribution in [0.2, 0.25) is 0 Å². The maximum absolute atomic E-state index is 13.4. The molecule has 3 aliphatic rings. The summed E-state index contributed by atoms with van der Waals surface area (Å²) in [6.07, 6.45) is 12.5. The van der Waals surface area contributed by atoms with Crippen LogP contribution in [-0.2, 0) is 16.1 Å². The van der Waals surface area contributed by atoms with Gasteiger partial charge in [-0.15, -0.1) is 5.10 Å². The SMILES string of the molecule is O=C(CCn1cnnn1)N[C@H]1CC[C@@H](NC(=O)C2(N3CCCC3)CCCCC2)C1. The minimum atomic E-state index is -0.290. The molecule has 160 valence electrons. The molecule has 29 heavy (non-hydrogen) atoms. The van der Waals surface area contributed by atoms with Gasteiger partial charge in [0.25, 0.3) is 0 Å². The fourth-order valence-corrected chi connectivity index (χ4v) is 5.33. The predicted octanol–water partition coefficient (Wildman–Crippen LogP) is 1.02. The summed E-state index contributed by atoms with van der Waals surface area (Å²) < 4.78 is 1.55. The Bertz CT molecular complexity index is 681. The number of carbonyl (C=O) groups excluding carboxylic acids is 2. The molecule has 2 atom stereocenters. The van der Waals surface area contributed by atoms with Crippen molar-refractivity contribution in [3.8, 4) is 0 Å². The van der Waals surface area contributed by atoms with E-state index in [0.29, 0.717) is 13.0 Å². The summed E-state index contributed by atoms with van der Waals surface area (Å²) in [5.41, 5.74) is -0.290. The normalized spacial score (nSPS) is 27.0. The summed E-state index contributed by atoms with van der Waals surface area (Å²) >= 11 is 0. The minimum absolute atomic E-state index is 0.0123. The zero-order chi connectivity index (χ0) is 20.1. The first-order valence-electron chi connectivity index (χ1n) is 11.2. The van der Waals surface area contributed by atoms with Gasteiger partial charge in [-0.25, -0.2) is 4.68 Å². The molecule has 0 bridgehead atoms. The highest BCUT2D eigenvalue weighted by Gasteiger charge is 2.46. The number of nitrogens with zero attached hydrogens (tertiary/aromatic N) is 5. The van der Waals surface area contributed by atoms with E-state index >= 15 is 0 Å². The second kappa shape index (κ2) is 9.19. The molecular formula is C20H33N7O2. The summed E-state index contributed by atoms with van der Waals surface area (Å²) in [6.45, 7) is 2.58. The van der Waals surface area contributed by atoms with E-state index in [1.165, 1.54) is 25.6 Å². The molecule has 1 aromatic rings. The Morgan fingerprint density at radius 3 is 2.41 bits per heavy atom. The Morgan fingerprint density at radius 1 is 1.00 bits per heavy atom. The molecule has 0 spiro atoms. The number of likely N-dealkylation sites (tertiary alicyclic amines) is 1. The van der Waals surface area contributed by atoms with E-state index in [2.05, 4.69) is 31.1 Å². The van der Waals surface area contributed by atoms with E-state index in [0.717, 1.165) is 58.0 Å². The number of hydrogen-bond donors (Lipinski definition) is 2. The maximum atomic E-state index is 13.4. The molecule has 0 radical (unpaired) electrons. The molecule has 1 saturated heterocycles. The van der Waals surface area contributed by atoms with Crippen LogP contribution < -0.4 is 10.6 Å². The Hall–Kier alpha value is -2.03. The number of aryl methyl sites for hydroxylation is 1. The van der Waals surface area contributed by atoms with Gasteiger partial charge in [-0.05, 0) is 68.5 Å². The lowest BCUT2D eigenvalue weighted by Gasteiger charge is -2.43. The molecule has 9 nitrogen and oxygen atoms in total. The van der Waals surface area contributed by atoms with Crippen molar-refractivity contribution in [3.05, 3.63) is 6.33 Å². The van der Waals surface area contributed by atoms with Crippen LogP contribution in [0, 0.1) is 0 Å². The third kappa shape index (κ3) is 4.76. The topological polar surface area (TPSA) is 105 Å². The highest BCUT2D eigenvalue weighted by atomic mass is 16.2. The van der Waals surface area contributed by atoms with Crippen LogP contribution >= 0.6 is 0 Å². The lowest BCUT2D eigenvalue weighted by atomic mass is 9.79. The van der Waals surface area contributed by atoms with E-state index < -0.39 is 0 Å². The Kier molecular flexibility index (Phi) is 6.42. The third-order valence-corrected chi connectivity index (χ3v) is 6.91. The Balaban J connectivity index is 1.26. The van der Waals surface area contributed by atoms with E-state index in [4.69, 9.17) is 0 Å². The van der Waals surface area contributed by atoms with Crippen molar-refractivity contribution in [3.63, 3.8) is 0 Å². The Labute approximate surface area is 172 Å². The van der Waals surface area contributed by atoms with E-state index in [-0.39, 0.29) is 29.4 Å². The zero-order valence-corrected chi connectivity index (χ0v) is 17.2. The second-order valence-electron chi connectivity index (χ2n) is 8.86. The summed E-state index contributed by atoms with van der Waals surface area (Å²) in [5.74, 6) is 0.244. The molecule has 2 aliphatic carbocycles. The molecule has 2 heterocycles. The summed E-state index contributed by atoms with van der Waals surface area (Å²) in [5, 5.41) is 17.4. The highest BCUT2D eigenvalue weighted by Crippen LogP contribution is 2.36. The number of tetrazole rings is 1. The minimum Gasteiger partial charge on any atom is -0.353 e. The largest absolute Gasteiger partial charge is 0.353 e. The molecule has 2 saturated carbocycles. The number of amides is 2. The van der Waals surface area contributed by atoms with Crippen LogP contribution in [0.15, 0.2) is 6.33 Å². The number of rotatable bonds is 7. The van der Waals surface area contributed by atoms with Crippen molar-refractivity contribution in [1.82, 2.24) is 35.7 Å². The van der Waals surface area contributed by atoms with Crippen LogP contribution in [0.4, 0.5) is 0 Å². The van der Waals surface area contributed by atoms with Gasteiger partial charge in [-0.3, -0.25) is 14.5 Å². The number of carbonyl (C=O) groups is 2. The standard InChI is InChI=1S/C20H33N7O2/c28-18(8-13-27-15-21-24-25-27)22-16-6-7-17(14-16)23-19(29)20(9-2-1-3-10-20)26-11-4-5-12-26/h15-17H,1-14H2,(H,22,28)(H,23,29)/t16-,17+/m0/s1. The van der Waals surface area contributed by atoms with Crippen molar-refractivity contribution < 1.29 is 9.59 Å². The summed E-state index contributed by atoms with van der Waals surface area (Å²) in [4.78, 5) is 28.0. The van der Waals surface area contributed by atoms with Crippen molar-refractivity contribution in [2.45, 2.75) is 94.8 Å². The molecule has 0 unspecified atom stereocenters. The van der Waals surface area contributed by atoms with Gasteiger partial charge in [0.05, 0.1) is 6.54 Å². The van der Waals surface area contributed by atoms with Crippen molar-refractivity contribution in [1.29, 1.82) is 0 Å².